The first kappa shape index (κ1) is 13.4. The lowest BCUT2D eigenvalue weighted by atomic mass is 9.98. The molecule has 2 aromatic heterocycles. The van der Waals surface area contributed by atoms with Crippen molar-refractivity contribution in [2.75, 3.05) is 12.8 Å². The second-order valence-electron chi connectivity index (χ2n) is 4.46. The molecule has 0 aromatic carbocycles. The van der Waals surface area contributed by atoms with Gasteiger partial charge in [0, 0.05) is 18.8 Å². The van der Waals surface area contributed by atoms with Gasteiger partial charge < -0.3 is 15.6 Å². The molecule has 0 aliphatic carbocycles. The van der Waals surface area contributed by atoms with Crippen molar-refractivity contribution < 1.29 is 9.84 Å². The van der Waals surface area contributed by atoms with Crippen LogP contribution in [0, 0.1) is 13.8 Å². The Kier molecular flexibility index (Phi) is 3.44. The van der Waals surface area contributed by atoms with Crippen LogP contribution in [0.3, 0.4) is 0 Å². The maximum absolute atomic E-state index is 10.6. The van der Waals surface area contributed by atoms with E-state index < -0.39 is 6.10 Å². The molecule has 0 amide bonds. The van der Waals surface area contributed by atoms with Gasteiger partial charge in [0.2, 0.25) is 5.88 Å². The highest BCUT2D eigenvalue weighted by Gasteiger charge is 2.25. The fourth-order valence-electron chi connectivity index (χ4n) is 2.30. The number of nitrogens with two attached hydrogens (primary N) is 1. The average molecular weight is 262 g/mol. The highest BCUT2D eigenvalue weighted by Crippen LogP contribution is 2.35. The highest BCUT2D eigenvalue weighted by atomic mass is 16.5. The van der Waals surface area contributed by atoms with Crippen LogP contribution < -0.4 is 10.5 Å². The third kappa shape index (κ3) is 2.15. The minimum Gasteiger partial charge on any atom is -0.481 e. The number of ether oxygens (including phenoxy) is 1. The van der Waals surface area contributed by atoms with Crippen molar-refractivity contribution in [1.29, 1.82) is 0 Å². The average Bonchev–Trinajstić information content (AvgIpc) is 2.62. The van der Waals surface area contributed by atoms with Gasteiger partial charge in [-0.1, -0.05) is 0 Å². The lowest BCUT2D eigenvalue weighted by molar-refractivity contribution is 0.212. The van der Waals surface area contributed by atoms with E-state index in [0.29, 0.717) is 28.5 Å². The zero-order valence-corrected chi connectivity index (χ0v) is 11.5. The Morgan fingerprint density at radius 1 is 1.37 bits per heavy atom. The molecule has 0 aliphatic heterocycles. The maximum Gasteiger partial charge on any atom is 0.217 e. The Labute approximate surface area is 111 Å². The summed E-state index contributed by atoms with van der Waals surface area (Å²) in [6.45, 7) is 3.71. The van der Waals surface area contributed by atoms with E-state index in [1.54, 1.807) is 25.0 Å². The van der Waals surface area contributed by atoms with E-state index in [1.807, 2.05) is 19.9 Å². The summed E-state index contributed by atoms with van der Waals surface area (Å²) >= 11 is 0. The fraction of sp³-hybridized carbons (Fsp3) is 0.385. The second-order valence-corrected chi connectivity index (χ2v) is 4.46. The lowest BCUT2D eigenvalue weighted by Crippen LogP contribution is -2.09. The molecule has 102 valence electrons. The number of nitrogens with zero attached hydrogens (tertiary/aromatic N) is 3. The predicted molar refractivity (Wildman–Crippen MR) is 71.9 cm³/mol. The highest BCUT2D eigenvalue weighted by molar-refractivity contribution is 5.51. The number of hydrogen-bond acceptors (Lipinski definition) is 5. The number of anilines is 1. The standard InChI is InChI=1S/C13H18N4O2/c1-7-5-6-15-12(14)9(7)11(18)10-8(2)16-17(3)13(10)19-4/h5-6,11,18H,1-4H3,(H2,14,15). The van der Waals surface area contributed by atoms with Crippen LogP contribution in [0.5, 0.6) is 5.88 Å². The largest absolute Gasteiger partial charge is 0.481 e. The third-order valence-corrected chi connectivity index (χ3v) is 3.19. The van der Waals surface area contributed by atoms with Gasteiger partial charge in [-0.15, -0.1) is 0 Å². The van der Waals surface area contributed by atoms with Gasteiger partial charge in [0.1, 0.15) is 11.9 Å². The van der Waals surface area contributed by atoms with Crippen LogP contribution >= 0.6 is 0 Å². The molecule has 0 saturated carbocycles. The van der Waals surface area contributed by atoms with Gasteiger partial charge in [0.05, 0.1) is 18.4 Å². The Hall–Kier alpha value is -2.08. The minimum atomic E-state index is -0.905. The number of aliphatic hydroxyl groups is 1. The number of rotatable bonds is 3. The molecule has 2 aromatic rings. The van der Waals surface area contributed by atoms with E-state index in [4.69, 9.17) is 10.5 Å². The molecule has 0 fully saturated rings. The van der Waals surface area contributed by atoms with Crippen LogP contribution in [0.25, 0.3) is 0 Å². The number of aromatic nitrogens is 3. The third-order valence-electron chi connectivity index (χ3n) is 3.19. The molecule has 2 heterocycles. The Morgan fingerprint density at radius 3 is 2.63 bits per heavy atom. The van der Waals surface area contributed by atoms with Gasteiger partial charge in [-0.2, -0.15) is 5.10 Å². The van der Waals surface area contributed by atoms with Crippen molar-refractivity contribution in [2.45, 2.75) is 20.0 Å². The summed E-state index contributed by atoms with van der Waals surface area (Å²) in [6.07, 6.45) is 0.714. The van der Waals surface area contributed by atoms with Crippen LogP contribution in [0.2, 0.25) is 0 Å². The fourth-order valence-corrected chi connectivity index (χ4v) is 2.30. The topological polar surface area (TPSA) is 86.2 Å². The zero-order chi connectivity index (χ0) is 14.2. The van der Waals surface area contributed by atoms with Crippen molar-refractivity contribution in [2.24, 2.45) is 7.05 Å². The molecule has 1 unspecified atom stereocenters. The quantitative estimate of drug-likeness (QED) is 0.865. The first-order chi connectivity index (χ1) is 8.97. The van der Waals surface area contributed by atoms with E-state index in [9.17, 15) is 5.11 Å². The van der Waals surface area contributed by atoms with E-state index in [0.717, 1.165) is 5.56 Å². The van der Waals surface area contributed by atoms with Crippen molar-refractivity contribution >= 4 is 5.82 Å². The van der Waals surface area contributed by atoms with E-state index in [1.165, 1.54) is 0 Å². The van der Waals surface area contributed by atoms with Gasteiger partial charge in [-0.05, 0) is 25.5 Å². The molecule has 19 heavy (non-hydrogen) atoms. The molecular weight excluding hydrogens is 244 g/mol. The Balaban J connectivity index is 2.59. The monoisotopic (exact) mass is 262 g/mol. The van der Waals surface area contributed by atoms with E-state index in [-0.39, 0.29) is 0 Å². The smallest absolute Gasteiger partial charge is 0.217 e. The molecule has 1 atom stereocenters. The lowest BCUT2D eigenvalue weighted by Gasteiger charge is -2.16. The van der Waals surface area contributed by atoms with E-state index >= 15 is 0 Å². The number of aryl methyl sites for hydroxylation is 3. The minimum absolute atomic E-state index is 0.317. The first-order valence-electron chi connectivity index (χ1n) is 5.93. The summed E-state index contributed by atoms with van der Waals surface area (Å²) in [4.78, 5) is 4.03. The summed E-state index contributed by atoms with van der Waals surface area (Å²) in [5, 5.41) is 14.9. The van der Waals surface area contributed by atoms with Crippen LogP contribution in [0.15, 0.2) is 12.3 Å². The number of pyridine rings is 1. The van der Waals surface area contributed by atoms with Gasteiger partial charge in [-0.3, -0.25) is 0 Å². The first-order valence-corrected chi connectivity index (χ1v) is 5.93. The molecule has 0 aliphatic rings. The molecule has 2 rings (SSSR count). The van der Waals surface area contributed by atoms with Crippen LogP contribution in [0.1, 0.15) is 28.5 Å². The molecular formula is C13H18N4O2. The molecule has 6 nitrogen and oxygen atoms in total. The molecule has 0 bridgehead atoms. The second kappa shape index (κ2) is 4.89. The Morgan fingerprint density at radius 2 is 2.05 bits per heavy atom. The predicted octanol–water partition coefficient (Wildman–Crippen LogP) is 1.10. The van der Waals surface area contributed by atoms with Crippen molar-refractivity contribution in [1.82, 2.24) is 14.8 Å². The summed E-state index contributed by atoms with van der Waals surface area (Å²) in [6, 6.07) is 1.81. The SMILES string of the molecule is COc1c(C(O)c2c(C)ccnc2N)c(C)nn1C. The number of methoxy groups -OCH3 is 1. The van der Waals surface area contributed by atoms with Crippen LogP contribution in [0.4, 0.5) is 5.82 Å². The van der Waals surface area contributed by atoms with Crippen molar-refractivity contribution in [3.8, 4) is 5.88 Å². The van der Waals surface area contributed by atoms with Gasteiger partial charge in [0.15, 0.2) is 0 Å². The molecule has 6 heteroatoms. The van der Waals surface area contributed by atoms with Crippen molar-refractivity contribution in [3.63, 3.8) is 0 Å². The summed E-state index contributed by atoms with van der Waals surface area (Å²) in [5.74, 6) is 0.838. The van der Waals surface area contributed by atoms with Crippen molar-refractivity contribution in [3.05, 3.63) is 34.6 Å². The molecule has 0 radical (unpaired) electrons. The Bertz CT molecular complexity index is 587. The maximum atomic E-state index is 10.6. The summed E-state index contributed by atoms with van der Waals surface area (Å²) in [5.41, 5.74) is 8.66. The number of nitrogen functional groups attached to an aromatic ring is 1. The number of hydrogen-bond donors (Lipinski definition) is 2. The molecule has 0 spiro atoms. The van der Waals surface area contributed by atoms with E-state index in [2.05, 4.69) is 10.1 Å². The summed E-state index contributed by atoms with van der Waals surface area (Å²) < 4.78 is 6.89. The number of aliphatic hydroxyl groups excluding tert-OH is 1. The summed E-state index contributed by atoms with van der Waals surface area (Å²) in [7, 11) is 3.31. The van der Waals surface area contributed by atoms with Gasteiger partial charge in [-0.25, -0.2) is 9.67 Å². The molecule has 3 N–H and O–H groups in total. The van der Waals surface area contributed by atoms with Gasteiger partial charge in [0.25, 0.3) is 0 Å². The molecule has 0 saturated heterocycles. The normalized spacial score (nSPS) is 12.5. The van der Waals surface area contributed by atoms with Gasteiger partial charge >= 0.3 is 0 Å². The zero-order valence-electron chi connectivity index (χ0n) is 11.5. The van der Waals surface area contributed by atoms with Crippen LogP contribution in [-0.2, 0) is 7.05 Å². The van der Waals surface area contributed by atoms with Crippen LogP contribution in [-0.4, -0.2) is 27.0 Å².